The zero-order chi connectivity index (χ0) is 70.8. The molecule has 4 saturated heterocycles. The van der Waals surface area contributed by atoms with E-state index < -0.39 is 219 Å². The molecule has 0 bridgehead atoms. The second-order valence-corrected chi connectivity index (χ2v) is 32.0. The van der Waals surface area contributed by atoms with E-state index in [9.17, 15) is 97.0 Å². The largest absolute Gasteiger partial charge is 0.394 e. The lowest BCUT2D eigenvalue weighted by Crippen LogP contribution is -2.69. The van der Waals surface area contributed by atoms with E-state index in [1.54, 1.807) is 20.8 Å². The molecule has 0 aromatic carbocycles. The van der Waals surface area contributed by atoms with Crippen molar-refractivity contribution in [2.45, 2.75) is 291 Å². The molecule has 0 aromatic heterocycles. The Morgan fingerprint density at radius 2 is 1.09 bits per heavy atom. The highest BCUT2D eigenvalue weighted by Gasteiger charge is 2.62. The molecule has 19 N–H and O–H groups in total. The van der Waals surface area contributed by atoms with E-state index in [4.69, 9.17) is 42.6 Å². The van der Waals surface area contributed by atoms with E-state index in [1.165, 1.54) is 26.3 Å². The molecule has 0 radical (unpaired) electrons. The standard InChI is InChI=1S/C67H118O28/c1-30(13-17-45(62(6,7)86)89-26-42-56(95-67(12)60(85)55(81)49(75)40(23-70)94-67)51(77)50(76)41(91-42)25-88-29-65(10)59(84)54(80)48(74)39(22-69)93-65)31(2)34-19-43(71)66(11)35(32(34)3)14-15-36-37(66)16-18-44(61(36,4)5)90-27-63(8)20-33(46(72)52(78)57(63)82)24-87-28-64(9)58(83)53(79)47(73)38(21-68)92-64/h15,30-35,37-60,68-86H,13-14,16-29H2,1-12H3/t30?,31?,32?,33?,34?,35?,37?,38?,39?,40?,41?,42-,43?,44?,45?,46-,47-,48+,49+,50+,51?,52-,53-,54?,55?,56+,57?,58?,59-,60-,63+,64+,65-,66?,67-/m1/s1. The molecule has 7 fully saturated rings. The van der Waals surface area contributed by atoms with E-state index in [2.05, 4.69) is 47.6 Å². The highest BCUT2D eigenvalue weighted by molar-refractivity contribution is 5.29. The average Bonchev–Trinajstić information content (AvgIpc) is 0.711. The van der Waals surface area contributed by atoms with Gasteiger partial charge in [-0.15, -0.1) is 0 Å². The molecule has 0 aromatic rings. The first-order chi connectivity index (χ1) is 44.1. The molecule has 554 valence electrons. The number of fused-ring (bicyclic) bond motifs is 3. The minimum Gasteiger partial charge on any atom is -0.394 e. The number of hydrogen-bond acceptors (Lipinski definition) is 28. The minimum absolute atomic E-state index is 0.0391. The molecule has 28 nitrogen and oxygen atoms in total. The van der Waals surface area contributed by atoms with Crippen LogP contribution in [-0.2, 0) is 42.6 Å². The monoisotopic (exact) mass is 1370 g/mol. The predicted molar refractivity (Wildman–Crippen MR) is 334 cm³/mol. The first-order valence-electron chi connectivity index (χ1n) is 34.3. The van der Waals surface area contributed by atoms with Gasteiger partial charge in [-0.1, -0.05) is 60.1 Å². The zero-order valence-electron chi connectivity index (χ0n) is 57.4. The summed E-state index contributed by atoms with van der Waals surface area (Å²) >= 11 is 0. The maximum Gasteiger partial charge on any atom is 0.195 e. The van der Waals surface area contributed by atoms with Crippen LogP contribution in [0.4, 0.5) is 0 Å². The van der Waals surface area contributed by atoms with Crippen LogP contribution in [0.1, 0.15) is 128 Å². The van der Waals surface area contributed by atoms with Gasteiger partial charge in [-0.2, -0.15) is 0 Å². The molecular formula is C67H118O28. The number of rotatable bonds is 25. The van der Waals surface area contributed by atoms with Gasteiger partial charge in [-0.25, -0.2) is 0 Å². The maximum absolute atomic E-state index is 12.6. The van der Waals surface area contributed by atoms with Gasteiger partial charge in [0.25, 0.3) is 0 Å². The van der Waals surface area contributed by atoms with Crippen molar-refractivity contribution < 1.29 is 140 Å². The average molecular weight is 1370 g/mol. The summed E-state index contributed by atoms with van der Waals surface area (Å²) in [4.78, 5) is 0. The molecule has 35 atom stereocenters. The molecule has 95 heavy (non-hydrogen) atoms. The van der Waals surface area contributed by atoms with Crippen LogP contribution in [0.3, 0.4) is 0 Å². The Kier molecular flexibility index (Phi) is 25.5. The first-order valence-corrected chi connectivity index (χ1v) is 34.3. The molecule has 8 rings (SSSR count). The fraction of sp³-hybridized carbons (Fsp3) is 0.970. The van der Waals surface area contributed by atoms with Gasteiger partial charge >= 0.3 is 0 Å². The first kappa shape index (κ1) is 79.3. The third kappa shape index (κ3) is 15.5. The van der Waals surface area contributed by atoms with Crippen LogP contribution in [0.25, 0.3) is 0 Å². The van der Waals surface area contributed by atoms with E-state index in [1.807, 2.05) is 0 Å². The predicted octanol–water partition coefficient (Wildman–Crippen LogP) is -3.34. The van der Waals surface area contributed by atoms with Crippen LogP contribution in [0, 0.1) is 57.7 Å². The van der Waals surface area contributed by atoms with E-state index >= 15 is 0 Å². The van der Waals surface area contributed by atoms with Crippen molar-refractivity contribution in [1.82, 2.24) is 0 Å². The van der Waals surface area contributed by atoms with Gasteiger partial charge < -0.3 is 140 Å². The Balaban J connectivity index is 0.903. The lowest BCUT2D eigenvalue weighted by atomic mass is 9.44. The smallest absolute Gasteiger partial charge is 0.195 e. The van der Waals surface area contributed by atoms with Crippen LogP contribution in [0.5, 0.6) is 0 Å². The summed E-state index contributed by atoms with van der Waals surface area (Å²) in [7, 11) is 0. The van der Waals surface area contributed by atoms with Crippen molar-refractivity contribution in [3.05, 3.63) is 11.6 Å². The molecular weight excluding hydrogens is 1250 g/mol. The van der Waals surface area contributed by atoms with Crippen LogP contribution < -0.4 is 0 Å². The highest BCUT2D eigenvalue weighted by Crippen LogP contribution is 2.64. The maximum atomic E-state index is 12.6. The van der Waals surface area contributed by atoms with E-state index in [0.29, 0.717) is 25.7 Å². The van der Waals surface area contributed by atoms with Crippen molar-refractivity contribution in [3.8, 4) is 0 Å². The minimum atomic E-state index is -2.22. The summed E-state index contributed by atoms with van der Waals surface area (Å²) in [5.74, 6) is -2.31. The number of hydrogen-bond donors (Lipinski definition) is 19. The van der Waals surface area contributed by atoms with Crippen molar-refractivity contribution in [1.29, 1.82) is 0 Å². The van der Waals surface area contributed by atoms with Crippen molar-refractivity contribution in [2.75, 3.05) is 59.5 Å². The molecule has 0 amide bonds. The zero-order valence-corrected chi connectivity index (χ0v) is 57.4. The lowest BCUT2D eigenvalue weighted by Gasteiger charge is -2.62. The molecule has 8 aliphatic rings. The van der Waals surface area contributed by atoms with Gasteiger partial charge in [0.2, 0.25) is 0 Å². The molecule has 0 spiro atoms. The van der Waals surface area contributed by atoms with Crippen LogP contribution in [-0.4, -0.2) is 319 Å². The van der Waals surface area contributed by atoms with Gasteiger partial charge in [0.15, 0.2) is 5.79 Å². The van der Waals surface area contributed by atoms with E-state index in [-0.39, 0.29) is 67.9 Å². The third-order valence-electron chi connectivity index (χ3n) is 24.5. The Bertz CT molecular complexity index is 2490. The van der Waals surface area contributed by atoms with Gasteiger partial charge in [0.05, 0.1) is 95.6 Å². The van der Waals surface area contributed by atoms with Crippen LogP contribution in [0.2, 0.25) is 0 Å². The SMILES string of the molecule is CC(CCC(OC[C@H]1OC(COC[C@@]2(C)OC(CO)[C@H](O)C(O)[C@H]2O)[C@H](O)C(O)[C@H]1O[C@@]1(C)OC(CO)[C@H](O)C(O)[C@H]1O)C(C)(C)O)C(C)C1CC(O)C2(C)C3CCC(OC[C@]4(C)CC(COC[C@]5(C)OC(CO)[C@@H](O)[C@@H](O)C5O)[C@@H](O)[C@@H](O)C4O)C(C)(C)C3=CCC2C1C. The number of ether oxygens (including phenoxy) is 9. The number of aliphatic hydroxyl groups is 19. The fourth-order valence-electron chi connectivity index (χ4n) is 17.7. The lowest BCUT2D eigenvalue weighted by molar-refractivity contribution is -0.391. The third-order valence-corrected chi connectivity index (χ3v) is 24.5. The molecule has 28 heteroatoms. The van der Waals surface area contributed by atoms with Gasteiger partial charge in [-0.3, -0.25) is 0 Å². The number of aliphatic hydroxyl groups excluding tert-OH is 18. The normalized spacial score (nSPS) is 49.8. The highest BCUT2D eigenvalue weighted by atomic mass is 16.7. The van der Waals surface area contributed by atoms with Gasteiger partial charge in [0, 0.05) is 22.2 Å². The Morgan fingerprint density at radius 3 is 1.64 bits per heavy atom. The molecule has 3 saturated carbocycles. The topological polar surface area (TPSA) is 467 Å². The summed E-state index contributed by atoms with van der Waals surface area (Å²) in [5.41, 5.74) is -5.45. The summed E-state index contributed by atoms with van der Waals surface area (Å²) in [6.45, 7) is 18.5. The molecule has 20 unspecified atom stereocenters. The summed E-state index contributed by atoms with van der Waals surface area (Å²) in [5, 5.41) is 207. The Labute approximate surface area is 557 Å². The summed E-state index contributed by atoms with van der Waals surface area (Å²) < 4.78 is 55.1. The summed E-state index contributed by atoms with van der Waals surface area (Å²) in [6.07, 6.45) is -27.0. The van der Waals surface area contributed by atoms with Crippen LogP contribution in [0.15, 0.2) is 11.6 Å². The van der Waals surface area contributed by atoms with Gasteiger partial charge in [-0.05, 0) is 115 Å². The quantitative estimate of drug-likeness (QED) is 0.0397. The molecule has 4 aliphatic carbocycles. The van der Waals surface area contributed by atoms with Crippen molar-refractivity contribution in [3.63, 3.8) is 0 Å². The van der Waals surface area contributed by atoms with E-state index in [0.717, 1.165) is 12.8 Å². The Morgan fingerprint density at radius 1 is 0.579 bits per heavy atom. The Hall–Kier alpha value is -1.38. The second kappa shape index (κ2) is 30.5. The molecule has 4 heterocycles. The fourth-order valence-corrected chi connectivity index (χ4v) is 17.7. The second-order valence-electron chi connectivity index (χ2n) is 32.0. The van der Waals surface area contributed by atoms with Gasteiger partial charge in [0.1, 0.15) is 121 Å². The number of allylic oxidation sites excluding steroid dienone is 1. The van der Waals surface area contributed by atoms with Crippen molar-refractivity contribution in [2.24, 2.45) is 57.7 Å². The van der Waals surface area contributed by atoms with Crippen molar-refractivity contribution >= 4 is 0 Å². The molecule has 4 aliphatic heterocycles. The summed E-state index contributed by atoms with van der Waals surface area (Å²) in [6, 6.07) is 0. The van der Waals surface area contributed by atoms with Crippen LogP contribution >= 0.6 is 0 Å².